The van der Waals surface area contributed by atoms with E-state index in [0.717, 1.165) is 69.1 Å². The van der Waals surface area contributed by atoms with Gasteiger partial charge in [0, 0.05) is 58.0 Å². The molecule has 0 aliphatic carbocycles. The van der Waals surface area contributed by atoms with Gasteiger partial charge in [-0.2, -0.15) is 9.97 Å². The average molecular weight is 343 g/mol. The monoisotopic (exact) mass is 343 g/mol. The molecule has 2 aliphatic heterocycles. The summed E-state index contributed by atoms with van der Waals surface area (Å²) in [5, 5.41) is 3.98. The van der Waals surface area contributed by atoms with E-state index in [1.165, 1.54) is 12.8 Å². The zero-order chi connectivity index (χ0) is 17.2. The molecule has 0 spiro atoms. The second-order valence-corrected chi connectivity index (χ2v) is 6.85. The van der Waals surface area contributed by atoms with Gasteiger partial charge in [-0.1, -0.05) is 5.16 Å². The van der Waals surface area contributed by atoms with Gasteiger partial charge in [-0.15, -0.1) is 0 Å². The van der Waals surface area contributed by atoms with Crippen molar-refractivity contribution in [3.63, 3.8) is 0 Å². The molecule has 0 aromatic carbocycles. The molecule has 4 rings (SSSR count). The van der Waals surface area contributed by atoms with Crippen molar-refractivity contribution in [1.29, 1.82) is 0 Å². The zero-order valence-electron chi connectivity index (χ0n) is 15.0. The Kier molecular flexibility index (Phi) is 4.52. The van der Waals surface area contributed by atoms with Crippen LogP contribution in [0.2, 0.25) is 0 Å². The van der Waals surface area contributed by atoms with Crippen LogP contribution in [0.1, 0.15) is 30.3 Å². The van der Waals surface area contributed by atoms with Crippen molar-refractivity contribution in [3.05, 3.63) is 23.5 Å². The van der Waals surface area contributed by atoms with Crippen molar-refractivity contribution in [2.75, 3.05) is 49.1 Å². The standard InChI is InChI=1S/C17H25N7O/c1-13-11-16(23-5-3-4-6-23)20-17(18-13)24-9-7-22(8-10-24)12-15-19-14(2)25-21-15/h11H,3-10,12H2,1-2H3. The Morgan fingerprint density at radius 2 is 1.68 bits per heavy atom. The SMILES string of the molecule is Cc1cc(N2CCCC2)nc(N2CCN(Cc3noc(C)n3)CC2)n1. The highest BCUT2D eigenvalue weighted by atomic mass is 16.5. The molecule has 2 aromatic rings. The van der Waals surface area contributed by atoms with E-state index in [1.54, 1.807) is 0 Å². The number of anilines is 2. The third kappa shape index (κ3) is 3.73. The van der Waals surface area contributed by atoms with Crippen LogP contribution < -0.4 is 9.80 Å². The fourth-order valence-electron chi connectivity index (χ4n) is 3.50. The minimum absolute atomic E-state index is 0.622. The van der Waals surface area contributed by atoms with E-state index < -0.39 is 0 Å². The van der Waals surface area contributed by atoms with Gasteiger partial charge in [0.2, 0.25) is 11.8 Å². The fourth-order valence-corrected chi connectivity index (χ4v) is 3.50. The molecule has 0 saturated carbocycles. The van der Waals surface area contributed by atoms with Crippen LogP contribution in [0.4, 0.5) is 11.8 Å². The lowest BCUT2D eigenvalue weighted by atomic mass is 10.3. The number of rotatable bonds is 4. The fraction of sp³-hybridized carbons (Fsp3) is 0.647. The van der Waals surface area contributed by atoms with Crippen molar-refractivity contribution in [1.82, 2.24) is 25.0 Å². The van der Waals surface area contributed by atoms with E-state index in [1.807, 2.05) is 6.92 Å². The summed E-state index contributed by atoms with van der Waals surface area (Å²) in [4.78, 5) is 20.8. The van der Waals surface area contributed by atoms with E-state index in [-0.39, 0.29) is 0 Å². The van der Waals surface area contributed by atoms with Gasteiger partial charge < -0.3 is 14.3 Å². The van der Waals surface area contributed by atoms with Gasteiger partial charge in [0.1, 0.15) is 5.82 Å². The van der Waals surface area contributed by atoms with Crippen LogP contribution in [0, 0.1) is 13.8 Å². The first-order chi connectivity index (χ1) is 12.2. The van der Waals surface area contributed by atoms with Crippen LogP contribution >= 0.6 is 0 Å². The molecule has 8 heteroatoms. The molecule has 4 heterocycles. The molecule has 2 aliphatic rings. The summed E-state index contributed by atoms with van der Waals surface area (Å²) in [7, 11) is 0. The molecule has 25 heavy (non-hydrogen) atoms. The topological polar surface area (TPSA) is 74.4 Å². The first-order valence-electron chi connectivity index (χ1n) is 9.04. The second kappa shape index (κ2) is 6.95. The van der Waals surface area contributed by atoms with Crippen LogP contribution in [-0.2, 0) is 6.54 Å². The predicted octanol–water partition coefficient (Wildman–Crippen LogP) is 1.40. The third-order valence-electron chi connectivity index (χ3n) is 4.85. The van der Waals surface area contributed by atoms with Crippen LogP contribution in [0.5, 0.6) is 0 Å². The molecular formula is C17H25N7O. The average Bonchev–Trinajstić information content (AvgIpc) is 3.27. The van der Waals surface area contributed by atoms with Crippen LogP contribution in [0.15, 0.2) is 10.6 Å². The van der Waals surface area contributed by atoms with E-state index in [2.05, 4.69) is 42.8 Å². The lowest BCUT2D eigenvalue weighted by Gasteiger charge is -2.34. The maximum atomic E-state index is 5.05. The maximum Gasteiger partial charge on any atom is 0.227 e. The second-order valence-electron chi connectivity index (χ2n) is 6.85. The molecular weight excluding hydrogens is 318 g/mol. The van der Waals surface area contributed by atoms with Gasteiger partial charge in [-0.3, -0.25) is 4.90 Å². The zero-order valence-corrected chi connectivity index (χ0v) is 15.0. The quantitative estimate of drug-likeness (QED) is 0.825. The largest absolute Gasteiger partial charge is 0.356 e. The van der Waals surface area contributed by atoms with Gasteiger partial charge >= 0.3 is 0 Å². The predicted molar refractivity (Wildman–Crippen MR) is 94.7 cm³/mol. The van der Waals surface area contributed by atoms with Crippen molar-refractivity contribution in [3.8, 4) is 0 Å². The van der Waals surface area contributed by atoms with Crippen molar-refractivity contribution >= 4 is 11.8 Å². The lowest BCUT2D eigenvalue weighted by Crippen LogP contribution is -2.46. The van der Waals surface area contributed by atoms with Crippen molar-refractivity contribution in [2.24, 2.45) is 0 Å². The summed E-state index contributed by atoms with van der Waals surface area (Å²) in [6.07, 6.45) is 2.51. The number of hydrogen-bond acceptors (Lipinski definition) is 8. The van der Waals surface area contributed by atoms with E-state index >= 15 is 0 Å². The van der Waals surface area contributed by atoms with Crippen LogP contribution in [-0.4, -0.2) is 64.3 Å². The smallest absolute Gasteiger partial charge is 0.227 e. The minimum Gasteiger partial charge on any atom is -0.356 e. The molecule has 0 atom stereocenters. The Hall–Kier alpha value is -2.22. The van der Waals surface area contributed by atoms with E-state index in [0.29, 0.717) is 5.89 Å². The molecule has 2 fully saturated rings. The Labute approximate surface area is 147 Å². The first-order valence-corrected chi connectivity index (χ1v) is 9.04. The number of hydrogen-bond donors (Lipinski definition) is 0. The Morgan fingerprint density at radius 3 is 2.36 bits per heavy atom. The summed E-state index contributed by atoms with van der Waals surface area (Å²) in [6.45, 7) is 10.6. The van der Waals surface area contributed by atoms with Crippen molar-refractivity contribution in [2.45, 2.75) is 33.2 Å². The third-order valence-corrected chi connectivity index (χ3v) is 4.85. The molecule has 0 N–H and O–H groups in total. The summed E-state index contributed by atoms with van der Waals surface area (Å²) in [5.74, 6) is 3.31. The molecule has 8 nitrogen and oxygen atoms in total. The van der Waals surface area contributed by atoms with Gasteiger partial charge in [0.15, 0.2) is 5.82 Å². The number of piperazine rings is 1. The maximum absolute atomic E-state index is 5.05. The minimum atomic E-state index is 0.622. The van der Waals surface area contributed by atoms with E-state index in [4.69, 9.17) is 9.51 Å². The normalized spacial score (nSPS) is 19.0. The van der Waals surface area contributed by atoms with Crippen molar-refractivity contribution < 1.29 is 4.52 Å². The Morgan fingerprint density at radius 1 is 0.920 bits per heavy atom. The van der Waals surface area contributed by atoms with Crippen LogP contribution in [0.3, 0.4) is 0 Å². The molecule has 134 valence electrons. The highest BCUT2D eigenvalue weighted by Crippen LogP contribution is 2.22. The van der Waals surface area contributed by atoms with Gasteiger partial charge in [-0.25, -0.2) is 4.98 Å². The summed E-state index contributed by atoms with van der Waals surface area (Å²) >= 11 is 0. The Balaban J connectivity index is 1.40. The first kappa shape index (κ1) is 16.3. The van der Waals surface area contributed by atoms with Crippen LogP contribution in [0.25, 0.3) is 0 Å². The lowest BCUT2D eigenvalue weighted by molar-refractivity contribution is 0.239. The van der Waals surface area contributed by atoms with E-state index in [9.17, 15) is 0 Å². The molecule has 0 amide bonds. The molecule has 2 aromatic heterocycles. The van der Waals surface area contributed by atoms with Gasteiger partial charge in [0.25, 0.3) is 0 Å². The molecule has 0 bridgehead atoms. The van der Waals surface area contributed by atoms with Gasteiger partial charge in [-0.05, 0) is 19.8 Å². The summed E-state index contributed by atoms with van der Waals surface area (Å²) < 4.78 is 5.05. The molecule has 2 saturated heterocycles. The van der Waals surface area contributed by atoms with Gasteiger partial charge in [0.05, 0.1) is 6.54 Å². The summed E-state index contributed by atoms with van der Waals surface area (Å²) in [6, 6.07) is 2.10. The molecule has 0 unspecified atom stereocenters. The number of aryl methyl sites for hydroxylation is 2. The molecule has 0 radical (unpaired) electrons. The highest BCUT2D eigenvalue weighted by molar-refractivity contribution is 5.46. The Bertz CT molecular complexity index is 718. The highest BCUT2D eigenvalue weighted by Gasteiger charge is 2.22. The summed E-state index contributed by atoms with van der Waals surface area (Å²) in [5.41, 5.74) is 1.04. The number of aromatic nitrogens is 4. The number of nitrogens with zero attached hydrogens (tertiary/aromatic N) is 7.